The average molecular weight is 323 g/mol. The lowest BCUT2D eigenvalue weighted by molar-refractivity contribution is -0.117. The van der Waals surface area contributed by atoms with Crippen molar-refractivity contribution >= 4 is 40.3 Å². The van der Waals surface area contributed by atoms with Gasteiger partial charge in [-0.25, -0.2) is 4.98 Å². The van der Waals surface area contributed by atoms with Crippen molar-refractivity contribution in [3.05, 3.63) is 48.2 Å². The summed E-state index contributed by atoms with van der Waals surface area (Å²) in [4.78, 5) is 28.5. The Labute approximate surface area is 134 Å². The summed E-state index contributed by atoms with van der Waals surface area (Å²) in [6.07, 6.45) is 1.50. The van der Waals surface area contributed by atoms with Crippen molar-refractivity contribution in [3.8, 4) is 6.07 Å². The number of rotatable bonds is 4. The van der Waals surface area contributed by atoms with Crippen molar-refractivity contribution in [2.24, 2.45) is 5.92 Å². The number of Topliss-reactive ketones (excluding diaryl/α,β-unsaturated/α-hetero) is 1. The molecule has 1 atom stereocenters. The molecule has 2 aromatic heterocycles. The van der Waals surface area contributed by atoms with Crippen LogP contribution in [-0.2, 0) is 4.79 Å². The number of benzene rings is 1. The molecular weight excluding hydrogens is 314 g/mol. The van der Waals surface area contributed by atoms with E-state index in [2.05, 4.69) is 19.0 Å². The molecule has 0 aliphatic heterocycles. The van der Waals surface area contributed by atoms with Crippen LogP contribution >= 0.6 is 11.7 Å². The molecule has 23 heavy (non-hydrogen) atoms. The second-order valence-corrected chi connectivity index (χ2v) is 5.13. The van der Waals surface area contributed by atoms with Crippen LogP contribution in [0, 0.1) is 17.2 Å². The number of ketones is 1. The Balaban J connectivity index is 1.83. The molecule has 0 bridgehead atoms. The first-order chi connectivity index (χ1) is 11.2. The zero-order chi connectivity index (χ0) is 16.2. The van der Waals surface area contributed by atoms with Gasteiger partial charge in [0.05, 0.1) is 17.8 Å². The number of fused-ring (bicyclic) bond motifs is 1. The minimum absolute atomic E-state index is 0.243. The fourth-order valence-electron chi connectivity index (χ4n) is 1.97. The van der Waals surface area contributed by atoms with Crippen LogP contribution in [-0.4, -0.2) is 25.4 Å². The minimum atomic E-state index is -1.46. The standard InChI is InChI=1S/C15H9N5O2S/c16-8-10(15(22)18-13-3-1-2-6-17-13)14(21)9-4-5-11-12(7-9)20-23-19-11/h1-7,10H,(H,17,18,22)/t10-/m1/s1. The van der Waals surface area contributed by atoms with Gasteiger partial charge in [0, 0.05) is 11.8 Å². The van der Waals surface area contributed by atoms with Crippen molar-refractivity contribution in [2.75, 3.05) is 5.32 Å². The highest BCUT2D eigenvalue weighted by Gasteiger charge is 2.28. The van der Waals surface area contributed by atoms with Crippen LogP contribution in [0.5, 0.6) is 0 Å². The van der Waals surface area contributed by atoms with Gasteiger partial charge in [0.2, 0.25) is 0 Å². The molecule has 1 aromatic carbocycles. The first-order valence-electron chi connectivity index (χ1n) is 6.57. The molecule has 0 fully saturated rings. The Hall–Kier alpha value is -3.18. The molecule has 1 amide bonds. The van der Waals surface area contributed by atoms with Crippen molar-refractivity contribution in [1.82, 2.24) is 13.7 Å². The molecule has 2 heterocycles. The van der Waals surface area contributed by atoms with Crippen LogP contribution in [0.15, 0.2) is 42.6 Å². The Morgan fingerprint density at radius 3 is 2.74 bits per heavy atom. The van der Waals surface area contributed by atoms with E-state index in [9.17, 15) is 14.9 Å². The third-order valence-corrected chi connectivity index (χ3v) is 3.66. The maximum atomic E-state index is 12.4. The summed E-state index contributed by atoms with van der Waals surface area (Å²) in [5.74, 6) is -2.48. The van der Waals surface area contributed by atoms with Gasteiger partial charge in [-0.1, -0.05) is 6.07 Å². The van der Waals surface area contributed by atoms with Gasteiger partial charge in [-0.05, 0) is 30.3 Å². The highest BCUT2D eigenvalue weighted by molar-refractivity contribution is 7.00. The lowest BCUT2D eigenvalue weighted by atomic mass is 9.97. The average Bonchev–Trinajstić information content (AvgIpc) is 3.04. The van der Waals surface area contributed by atoms with E-state index in [0.717, 1.165) is 11.7 Å². The number of anilines is 1. The number of hydrogen-bond donors (Lipinski definition) is 1. The van der Waals surface area contributed by atoms with Crippen molar-refractivity contribution in [3.63, 3.8) is 0 Å². The number of carbonyl (C=O) groups excluding carboxylic acids is 2. The van der Waals surface area contributed by atoms with Gasteiger partial charge in [0.25, 0.3) is 5.91 Å². The summed E-state index contributed by atoms with van der Waals surface area (Å²) in [6, 6.07) is 11.4. The Morgan fingerprint density at radius 2 is 2.00 bits per heavy atom. The van der Waals surface area contributed by atoms with E-state index in [0.29, 0.717) is 11.0 Å². The number of nitrogens with one attached hydrogen (secondary N) is 1. The predicted octanol–water partition coefficient (Wildman–Crippen LogP) is 2.05. The lowest BCUT2D eigenvalue weighted by Crippen LogP contribution is -2.29. The largest absolute Gasteiger partial charge is 0.309 e. The molecule has 3 aromatic rings. The van der Waals surface area contributed by atoms with Gasteiger partial charge in [0.15, 0.2) is 11.7 Å². The van der Waals surface area contributed by atoms with Gasteiger partial charge < -0.3 is 5.32 Å². The highest BCUT2D eigenvalue weighted by Crippen LogP contribution is 2.17. The quantitative estimate of drug-likeness (QED) is 0.581. The molecule has 0 aliphatic carbocycles. The van der Waals surface area contributed by atoms with E-state index in [-0.39, 0.29) is 11.4 Å². The minimum Gasteiger partial charge on any atom is -0.309 e. The predicted molar refractivity (Wildman–Crippen MR) is 83.7 cm³/mol. The second kappa shape index (κ2) is 6.29. The topological polar surface area (TPSA) is 109 Å². The number of amides is 1. The number of hydrogen-bond acceptors (Lipinski definition) is 7. The first kappa shape index (κ1) is 14.7. The zero-order valence-electron chi connectivity index (χ0n) is 11.6. The van der Waals surface area contributed by atoms with Gasteiger partial charge in [-0.2, -0.15) is 14.0 Å². The summed E-state index contributed by atoms with van der Waals surface area (Å²) in [6.45, 7) is 0. The number of carbonyl (C=O) groups is 2. The van der Waals surface area contributed by atoms with E-state index in [1.165, 1.54) is 18.3 Å². The maximum absolute atomic E-state index is 12.4. The van der Waals surface area contributed by atoms with Crippen molar-refractivity contribution in [1.29, 1.82) is 5.26 Å². The van der Waals surface area contributed by atoms with Gasteiger partial charge in [-0.3, -0.25) is 9.59 Å². The molecule has 0 aliphatic rings. The molecule has 0 radical (unpaired) electrons. The molecule has 1 N–H and O–H groups in total. The molecule has 0 spiro atoms. The summed E-state index contributed by atoms with van der Waals surface area (Å²) in [7, 11) is 0. The lowest BCUT2D eigenvalue weighted by Gasteiger charge is -2.09. The van der Waals surface area contributed by atoms with Gasteiger partial charge in [-0.15, -0.1) is 0 Å². The van der Waals surface area contributed by atoms with Crippen LogP contribution in [0.25, 0.3) is 11.0 Å². The molecule has 8 heteroatoms. The van der Waals surface area contributed by atoms with Crippen LogP contribution in [0.3, 0.4) is 0 Å². The van der Waals surface area contributed by atoms with Crippen LogP contribution in [0.1, 0.15) is 10.4 Å². The van der Waals surface area contributed by atoms with Crippen molar-refractivity contribution in [2.45, 2.75) is 0 Å². The number of nitrogens with zero attached hydrogens (tertiary/aromatic N) is 4. The SMILES string of the molecule is N#C[C@@H](C(=O)Nc1ccccn1)C(=O)c1ccc2nsnc2c1. The molecule has 0 unspecified atom stereocenters. The molecule has 0 saturated heterocycles. The Bertz CT molecular complexity index is 916. The normalized spacial score (nSPS) is 11.6. The smallest absolute Gasteiger partial charge is 0.250 e. The third-order valence-electron chi connectivity index (χ3n) is 3.11. The molecule has 3 rings (SSSR count). The third kappa shape index (κ3) is 3.04. The summed E-state index contributed by atoms with van der Waals surface area (Å²) in [5, 5.41) is 11.7. The summed E-state index contributed by atoms with van der Waals surface area (Å²) < 4.78 is 8.09. The fourth-order valence-corrected chi connectivity index (χ4v) is 2.49. The molecule has 112 valence electrons. The maximum Gasteiger partial charge on any atom is 0.250 e. The molecule has 0 saturated carbocycles. The van der Waals surface area contributed by atoms with Gasteiger partial charge in [0.1, 0.15) is 16.9 Å². The van der Waals surface area contributed by atoms with Crippen LogP contribution in [0.2, 0.25) is 0 Å². The molecular formula is C15H9N5O2S. The van der Waals surface area contributed by atoms with E-state index in [1.807, 2.05) is 0 Å². The highest BCUT2D eigenvalue weighted by atomic mass is 32.1. The van der Waals surface area contributed by atoms with E-state index < -0.39 is 17.6 Å². The van der Waals surface area contributed by atoms with E-state index >= 15 is 0 Å². The summed E-state index contributed by atoms with van der Waals surface area (Å²) in [5.41, 5.74) is 1.47. The monoisotopic (exact) mass is 323 g/mol. The summed E-state index contributed by atoms with van der Waals surface area (Å²) >= 11 is 1.03. The number of aromatic nitrogens is 3. The number of nitriles is 1. The van der Waals surface area contributed by atoms with E-state index in [1.54, 1.807) is 30.3 Å². The Morgan fingerprint density at radius 1 is 1.17 bits per heavy atom. The zero-order valence-corrected chi connectivity index (χ0v) is 12.4. The fraction of sp³-hybridized carbons (Fsp3) is 0.0667. The van der Waals surface area contributed by atoms with Crippen molar-refractivity contribution < 1.29 is 9.59 Å². The van der Waals surface area contributed by atoms with E-state index in [4.69, 9.17) is 0 Å². The second-order valence-electron chi connectivity index (χ2n) is 4.60. The van der Waals surface area contributed by atoms with Crippen LogP contribution in [0.4, 0.5) is 5.82 Å². The van der Waals surface area contributed by atoms with Gasteiger partial charge >= 0.3 is 0 Å². The number of pyridine rings is 1. The molecule has 7 nitrogen and oxygen atoms in total. The first-order valence-corrected chi connectivity index (χ1v) is 7.30. The van der Waals surface area contributed by atoms with Crippen LogP contribution < -0.4 is 5.32 Å². The Kier molecular flexibility index (Phi) is 4.03.